The lowest BCUT2D eigenvalue weighted by Crippen LogP contribution is -2.52. The summed E-state index contributed by atoms with van der Waals surface area (Å²) in [5, 5.41) is 5.71. The maximum absolute atomic E-state index is 13.1. The Hall–Kier alpha value is -2.86. The number of aromatic nitrogens is 1. The summed E-state index contributed by atoms with van der Waals surface area (Å²) < 4.78 is 11.9. The number of carbonyl (C=O) groups excluding carboxylic acids is 2. The number of Topliss-reactive ketones (excluding diaryl/α,β-unsaturated/α-hetero) is 1. The fourth-order valence-corrected chi connectivity index (χ4v) is 5.49. The average Bonchev–Trinajstić information content (AvgIpc) is 3.14. The number of likely N-dealkylation sites (tertiary alicyclic amines) is 1. The van der Waals surface area contributed by atoms with Gasteiger partial charge in [0.25, 0.3) is 0 Å². The number of halogens is 1. The smallest absolute Gasteiger partial charge is 0.228 e. The van der Waals surface area contributed by atoms with Crippen molar-refractivity contribution in [1.29, 1.82) is 0 Å². The Bertz CT molecular complexity index is 1300. The molecule has 0 radical (unpaired) electrons. The minimum absolute atomic E-state index is 0.0148. The number of piperidine rings is 1. The number of benzene rings is 2. The third kappa shape index (κ3) is 3.70. The Kier molecular flexibility index (Phi) is 5.24. The molecule has 3 heterocycles. The van der Waals surface area contributed by atoms with Gasteiger partial charge in [-0.15, -0.1) is 0 Å². The molecule has 0 aliphatic carbocycles. The molecule has 5 rings (SSSR count). The normalized spacial score (nSPS) is 17.4. The number of amides is 1. The number of hydrogen-bond donors (Lipinski definition) is 0. The lowest BCUT2D eigenvalue weighted by molar-refractivity contribution is -0.134. The Labute approximate surface area is 197 Å². The maximum atomic E-state index is 13.1. The van der Waals surface area contributed by atoms with Crippen molar-refractivity contribution in [2.24, 2.45) is 0 Å². The average molecular weight is 467 g/mol. The molecule has 0 N–H and O–H groups in total. The van der Waals surface area contributed by atoms with Crippen molar-refractivity contribution < 1.29 is 18.8 Å². The van der Waals surface area contributed by atoms with E-state index in [-0.39, 0.29) is 18.1 Å². The van der Waals surface area contributed by atoms with Crippen LogP contribution >= 0.6 is 11.6 Å². The summed E-state index contributed by atoms with van der Waals surface area (Å²) in [5.41, 5.74) is 5.26. The minimum atomic E-state index is -0.567. The van der Waals surface area contributed by atoms with Crippen LogP contribution in [0.2, 0.25) is 5.02 Å². The molecular weight excluding hydrogens is 440 g/mol. The number of hydrogen-bond acceptors (Lipinski definition) is 5. The van der Waals surface area contributed by atoms with Gasteiger partial charge in [0.1, 0.15) is 17.0 Å². The number of aryl methyl sites for hydroxylation is 3. The number of fused-ring (bicyclic) bond motifs is 2. The van der Waals surface area contributed by atoms with E-state index in [1.807, 2.05) is 44.7 Å². The highest BCUT2D eigenvalue weighted by Gasteiger charge is 2.44. The summed E-state index contributed by atoms with van der Waals surface area (Å²) in [7, 11) is 0. The maximum Gasteiger partial charge on any atom is 0.228 e. The van der Waals surface area contributed by atoms with Crippen LogP contribution in [0.3, 0.4) is 0 Å². The molecule has 7 heteroatoms. The van der Waals surface area contributed by atoms with Gasteiger partial charge < -0.3 is 14.2 Å². The van der Waals surface area contributed by atoms with E-state index in [4.69, 9.17) is 20.9 Å². The van der Waals surface area contributed by atoms with Crippen LogP contribution in [0, 0.1) is 27.7 Å². The first-order valence-corrected chi connectivity index (χ1v) is 11.7. The van der Waals surface area contributed by atoms with Gasteiger partial charge in [-0.3, -0.25) is 9.59 Å². The van der Waals surface area contributed by atoms with E-state index in [0.29, 0.717) is 60.0 Å². The molecule has 0 bridgehead atoms. The third-order valence-corrected chi connectivity index (χ3v) is 7.65. The minimum Gasteiger partial charge on any atom is -0.486 e. The van der Waals surface area contributed by atoms with Crippen LogP contribution in [0.4, 0.5) is 0 Å². The lowest BCUT2D eigenvalue weighted by Gasteiger charge is -2.44. The summed E-state index contributed by atoms with van der Waals surface area (Å²) >= 11 is 6.36. The van der Waals surface area contributed by atoms with Gasteiger partial charge >= 0.3 is 0 Å². The largest absolute Gasteiger partial charge is 0.486 e. The molecule has 0 atom stereocenters. The van der Waals surface area contributed by atoms with E-state index in [0.717, 1.165) is 27.6 Å². The Morgan fingerprint density at radius 3 is 2.58 bits per heavy atom. The van der Waals surface area contributed by atoms with Crippen molar-refractivity contribution in [3.63, 3.8) is 0 Å². The van der Waals surface area contributed by atoms with Gasteiger partial charge in [-0.2, -0.15) is 0 Å². The van der Waals surface area contributed by atoms with Crippen LogP contribution < -0.4 is 4.74 Å². The predicted molar refractivity (Wildman–Crippen MR) is 126 cm³/mol. The standard InChI is InChI=1S/C26H27ClN2O4/c1-14-9-15(2)23-18(28-33-21(23)10-14)12-22(31)29-7-5-26(6-8-29)13-19(30)24-17(4)25(27)16(3)11-20(24)32-26/h9-11H,5-8,12-13H2,1-4H3. The zero-order valence-corrected chi connectivity index (χ0v) is 20.1. The summed E-state index contributed by atoms with van der Waals surface area (Å²) in [6.45, 7) is 8.89. The molecule has 0 unspecified atom stereocenters. The van der Waals surface area contributed by atoms with E-state index in [1.165, 1.54) is 0 Å². The first kappa shape index (κ1) is 22.0. The third-order valence-electron chi connectivity index (χ3n) is 7.06. The highest BCUT2D eigenvalue weighted by Crippen LogP contribution is 2.43. The van der Waals surface area contributed by atoms with Crippen molar-refractivity contribution in [2.75, 3.05) is 13.1 Å². The van der Waals surface area contributed by atoms with Crippen LogP contribution in [0.15, 0.2) is 22.7 Å². The molecule has 172 valence electrons. The monoisotopic (exact) mass is 466 g/mol. The zero-order chi connectivity index (χ0) is 23.5. The van der Waals surface area contributed by atoms with Gasteiger partial charge in [-0.1, -0.05) is 22.8 Å². The van der Waals surface area contributed by atoms with Gasteiger partial charge in [0.05, 0.1) is 18.4 Å². The Morgan fingerprint density at radius 2 is 1.85 bits per heavy atom. The summed E-state index contributed by atoms with van der Waals surface area (Å²) in [6.07, 6.45) is 1.74. The number of ketones is 1. The summed E-state index contributed by atoms with van der Waals surface area (Å²) in [4.78, 5) is 27.9. The molecule has 1 spiro atoms. The quantitative estimate of drug-likeness (QED) is 0.513. The van der Waals surface area contributed by atoms with E-state index in [2.05, 4.69) is 11.2 Å². The van der Waals surface area contributed by atoms with E-state index in [9.17, 15) is 9.59 Å². The highest BCUT2D eigenvalue weighted by molar-refractivity contribution is 6.32. The van der Waals surface area contributed by atoms with Crippen LogP contribution in [0.25, 0.3) is 11.0 Å². The molecule has 0 saturated carbocycles. The van der Waals surface area contributed by atoms with Crippen molar-refractivity contribution in [3.05, 3.63) is 56.7 Å². The highest BCUT2D eigenvalue weighted by atomic mass is 35.5. The lowest BCUT2D eigenvalue weighted by atomic mass is 9.81. The SMILES string of the molecule is Cc1cc(C)c2c(CC(=O)N3CCC4(CC3)CC(=O)c3c(cc(C)c(Cl)c3C)O4)noc2c1. The molecule has 33 heavy (non-hydrogen) atoms. The van der Waals surface area contributed by atoms with Crippen molar-refractivity contribution in [3.8, 4) is 5.75 Å². The number of nitrogens with zero attached hydrogens (tertiary/aromatic N) is 2. The topological polar surface area (TPSA) is 72.6 Å². The van der Waals surface area contributed by atoms with Crippen molar-refractivity contribution in [2.45, 2.75) is 59.0 Å². The first-order chi connectivity index (χ1) is 15.7. The zero-order valence-electron chi connectivity index (χ0n) is 19.4. The van der Waals surface area contributed by atoms with E-state index in [1.54, 1.807) is 0 Å². The second-order valence-electron chi connectivity index (χ2n) is 9.53. The molecule has 6 nitrogen and oxygen atoms in total. The van der Waals surface area contributed by atoms with Crippen LogP contribution in [0.5, 0.6) is 5.75 Å². The van der Waals surface area contributed by atoms with Gasteiger partial charge in [-0.05, 0) is 62.1 Å². The fourth-order valence-electron chi connectivity index (χ4n) is 5.34. The molecular formula is C26H27ClN2O4. The van der Waals surface area contributed by atoms with Crippen molar-refractivity contribution >= 4 is 34.3 Å². The first-order valence-electron chi connectivity index (χ1n) is 11.3. The molecule has 2 aromatic carbocycles. The van der Waals surface area contributed by atoms with E-state index < -0.39 is 5.60 Å². The molecule has 2 aliphatic rings. The molecule has 1 fully saturated rings. The van der Waals surface area contributed by atoms with Gasteiger partial charge in [-0.25, -0.2) is 0 Å². The molecule has 1 aromatic heterocycles. The van der Waals surface area contributed by atoms with Crippen LogP contribution in [-0.2, 0) is 11.2 Å². The van der Waals surface area contributed by atoms with Crippen LogP contribution in [-0.4, -0.2) is 40.4 Å². The predicted octanol–water partition coefficient (Wildman–Crippen LogP) is 5.28. The number of carbonyl (C=O) groups is 2. The van der Waals surface area contributed by atoms with Gasteiger partial charge in [0, 0.05) is 36.3 Å². The Balaban J connectivity index is 1.31. The molecule has 1 amide bonds. The van der Waals surface area contributed by atoms with Crippen molar-refractivity contribution in [1.82, 2.24) is 10.1 Å². The summed E-state index contributed by atoms with van der Waals surface area (Å²) in [5.74, 6) is 0.696. The second kappa shape index (κ2) is 7.87. The Morgan fingerprint density at radius 1 is 1.12 bits per heavy atom. The van der Waals surface area contributed by atoms with E-state index >= 15 is 0 Å². The number of ether oxygens (including phenoxy) is 1. The molecule has 2 aliphatic heterocycles. The molecule has 3 aromatic rings. The number of rotatable bonds is 2. The second-order valence-corrected chi connectivity index (χ2v) is 9.91. The fraction of sp³-hybridized carbons (Fsp3) is 0.423. The molecule has 1 saturated heterocycles. The van der Waals surface area contributed by atoms with Gasteiger partial charge in [0.15, 0.2) is 11.4 Å². The van der Waals surface area contributed by atoms with Crippen LogP contribution in [0.1, 0.15) is 57.6 Å². The van der Waals surface area contributed by atoms with Gasteiger partial charge in [0.2, 0.25) is 5.91 Å². The summed E-state index contributed by atoms with van der Waals surface area (Å²) in [6, 6.07) is 5.88.